The molecule has 1 aliphatic heterocycles. The number of carbonyl (C=O) groups is 1. The number of para-hydroxylation sites is 1. The van der Waals surface area contributed by atoms with Crippen molar-refractivity contribution in [2.75, 3.05) is 19.8 Å². The Morgan fingerprint density at radius 3 is 2.53 bits per heavy atom. The van der Waals surface area contributed by atoms with Crippen LogP contribution in [0.2, 0.25) is 0 Å². The van der Waals surface area contributed by atoms with E-state index in [4.69, 9.17) is 21.7 Å². The molecule has 1 heterocycles. The van der Waals surface area contributed by atoms with Crippen molar-refractivity contribution >= 4 is 40.3 Å². The standard InChI is InChI=1S/C24H25NO3S2/c1-4-10-25-23(26)22(30-24(25)29)16-19-8-5-6-9-21(19)28-12-7-11-27-20-14-17(2)13-18(3)15-20/h4-6,8-9,13-16H,1,7,10-12H2,2-3H3/b22-16-. The second-order valence-electron chi connectivity index (χ2n) is 6.99. The van der Waals surface area contributed by atoms with Gasteiger partial charge in [0.25, 0.3) is 5.91 Å². The minimum absolute atomic E-state index is 0.0958. The third-order valence-electron chi connectivity index (χ3n) is 4.40. The zero-order valence-corrected chi connectivity index (χ0v) is 18.9. The summed E-state index contributed by atoms with van der Waals surface area (Å²) in [5.41, 5.74) is 3.23. The quantitative estimate of drug-likeness (QED) is 0.222. The second kappa shape index (κ2) is 10.5. The lowest BCUT2D eigenvalue weighted by molar-refractivity contribution is -0.121. The van der Waals surface area contributed by atoms with E-state index in [1.54, 1.807) is 11.0 Å². The van der Waals surface area contributed by atoms with Gasteiger partial charge in [0.15, 0.2) is 0 Å². The van der Waals surface area contributed by atoms with Crippen molar-refractivity contribution in [1.82, 2.24) is 4.90 Å². The molecule has 30 heavy (non-hydrogen) atoms. The van der Waals surface area contributed by atoms with Crippen LogP contribution in [0.3, 0.4) is 0 Å². The number of amides is 1. The van der Waals surface area contributed by atoms with E-state index in [9.17, 15) is 4.79 Å². The molecule has 156 valence electrons. The highest BCUT2D eigenvalue weighted by Gasteiger charge is 2.31. The van der Waals surface area contributed by atoms with E-state index in [-0.39, 0.29) is 5.91 Å². The number of hydrogen-bond donors (Lipinski definition) is 0. The molecule has 0 aromatic heterocycles. The molecule has 0 atom stereocenters. The predicted octanol–water partition coefficient (Wildman–Crippen LogP) is 5.54. The van der Waals surface area contributed by atoms with Crippen molar-refractivity contribution < 1.29 is 14.3 Å². The van der Waals surface area contributed by atoms with Crippen LogP contribution >= 0.6 is 24.0 Å². The molecule has 0 unspecified atom stereocenters. The van der Waals surface area contributed by atoms with E-state index in [2.05, 4.69) is 26.5 Å². The van der Waals surface area contributed by atoms with Gasteiger partial charge < -0.3 is 9.47 Å². The Bertz CT molecular complexity index is 964. The molecule has 0 spiro atoms. The average molecular weight is 440 g/mol. The van der Waals surface area contributed by atoms with Crippen LogP contribution in [-0.2, 0) is 4.79 Å². The molecule has 1 fully saturated rings. The van der Waals surface area contributed by atoms with Crippen LogP contribution in [0, 0.1) is 13.8 Å². The summed E-state index contributed by atoms with van der Waals surface area (Å²) in [6.07, 6.45) is 4.26. The summed E-state index contributed by atoms with van der Waals surface area (Å²) in [6.45, 7) is 9.31. The van der Waals surface area contributed by atoms with Gasteiger partial charge in [-0.1, -0.05) is 54.3 Å². The SMILES string of the molecule is C=CCN1C(=O)/C(=C/c2ccccc2OCCCOc2cc(C)cc(C)c2)SC1=S. The maximum absolute atomic E-state index is 12.5. The molecular formula is C24H25NO3S2. The normalized spacial score (nSPS) is 15.0. The van der Waals surface area contributed by atoms with Gasteiger partial charge in [0.1, 0.15) is 15.8 Å². The van der Waals surface area contributed by atoms with E-state index in [0.717, 1.165) is 23.5 Å². The Kier molecular flexibility index (Phi) is 7.71. The van der Waals surface area contributed by atoms with Crippen LogP contribution in [0.25, 0.3) is 6.08 Å². The first kappa shape index (κ1) is 22.1. The lowest BCUT2D eigenvalue weighted by atomic mass is 10.1. The lowest BCUT2D eigenvalue weighted by Gasteiger charge is -2.11. The van der Waals surface area contributed by atoms with Crippen LogP contribution in [0.15, 0.2) is 60.0 Å². The van der Waals surface area contributed by atoms with Crippen molar-refractivity contribution in [3.63, 3.8) is 0 Å². The van der Waals surface area contributed by atoms with E-state index in [0.29, 0.717) is 29.0 Å². The molecule has 0 bridgehead atoms. The van der Waals surface area contributed by atoms with Gasteiger partial charge in [-0.25, -0.2) is 0 Å². The lowest BCUT2D eigenvalue weighted by Crippen LogP contribution is -2.27. The predicted molar refractivity (Wildman–Crippen MR) is 128 cm³/mol. The van der Waals surface area contributed by atoms with E-state index in [1.807, 2.05) is 42.5 Å². The Balaban J connectivity index is 1.57. The molecular weight excluding hydrogens is 414 g/mol. The highest BCUT2D eigenvalue weighted by Crippen LogP contribution is 2.34. The number of thiocarbonyl (C=S) groups is 1. The van der Waals surface area contributed by atoms with Gasteiger partial charge >= 0.3 is 0 Å². The Morgan fingerprint density at radius 2 is 1.80 bits per heavy atom. The van der Waals surface area contributed by atoms with E-state index in [1.165, 1.54) is 22.9 Å². The number of rotatable bonds is 9. The van der Waals surface area contributed by atoms with Crippen LogP contribution in [0.4, 0.5) is 0 Å². The minimum Gasteiger partial charge on any atom is -0.493 e. The zero-order chi connectivity index (χ0) is 21.5. The number of benzene rings is 2. The molecule has 6 heteroatoms. The van der Waals surface area contributed by atoms with Gasteiger partial charge in [0, 0.05) is 18.5 Å². The molecule has 1 saturated heterocycles. The molecule has 1 amide bonds. The summed E-state index contributed by atoms with van der Waals surface area (Å²) in [5, 5.41) is 0. The maximum atomic E-state index is 12.5. The zero-order valence-electron chi connectivity index (χ0n) is 17.2. The molecule has 0 aliphatic carbocycles. The average Bonchev–Trinajstić information content (AvgIpc) is 2.96. The van der Waals surface area contributed by atoms with Gasteiger partial charge in [0.05, 0.1) is 18.1 Å². The Hall–Kier alpha value is -2.57. The Morgan fingerprint density at radius 1 is 1.10 bits per heavy atom. The van der Waals surface area contributed by atoms with Crippen molar-refractivity contribution in [2.24, 2.45) is 0 Å². The Labute approximate surface area is 187 Å². The molecule has 3 rings (SSSR count). The van der Waals surface area contributed by atoms with Crippen molar-refractivity contribution in [3.8, 4) is 11.5 Å². The maximum Gasteiger partial charge on any atom is 0.266 e. The first-order chi connectivity index (χ1) is 14.5. The third-order valence-corrected chi connectivity index (χ3v) is 5.78. The largest absolute Gasteiger partial charge is 0.493 e. The van der Waals surface area contributed by atoms with Crippen LogP contribution < -0.4 is 9.47 Å². The molecule has 0 saturated carbocycles. The van der Waals surface area contributed by atoms with E-state index < -0.39 is 0 Å². The molecule has 4 nitrogen and oxygen atoms in total. The van der Waals surface area contributed by atoms with E-state index >= 15 is 0 Å². The molecule has 1 aliphatic rings. The minimum atomic E-state index is -0.0958. The first-order valence-electron chi connectivity index (χ1n) is 9.77. The first-order valence-corrected chi connectivity index (χ1v) is 11.0. The number of aryl methyl sites for hydroxylation is 2. The van der Waals surface area contributed by atoms with Gasteiger partial charge in [-0.15, -0.1) is 6.58 Å². The summed E-state index contributed by atoms with van der Waals surface area (Å²) in [5.74, 6) is 1.52. The molecule has 0 N–H and O–H groups in total. The highest BCUT2D eigenvalue weighted by atomic mass is 32.2. The molecule has 2 aromatic rings. The van der Waals surface area contributed by atoms with Crippen molar-refractivity contribution in [3.05, 3.63) is 76.7 Å². The molecule has 0 radical (unpaired) electrons. The topological polar surface area (TPSA) is 38.8 Å². The summed E-state index contributed by atoms with van der Waals surface area (Å²) in [6, 6.07) is 13.9. The summed E-state index contributed by atoms with van der Waals surface area (Å²) >= 11 is 6.60. The number of carbonyl (C=O) groups excluding carboxylic acids is 1. The molecule has 2 aromatic carbocycles. The number of hydrogen-bond acceptors (Lipinski definition) is 5. The van der Waals surface area contributed by atoms with Gasteiger partial charge in [0.2, 0.25) is 0 Å². The fourth-order valence-electron chi connectivity index (χ4n) is 3.11. The summed E-state index contributed by atoms with van der Waals surface area (Å²) < 4.78 is 12.3. The smallest absolute Gasteiger partial charge is 0.266 e. The third kappa shape index (κ3) is 5.74. The number of ether oxygens (including phenoxy) is 2. The monoisotopic (exact) mass is 439 g/mol. The van der Waals surface area contributed by atoms with Crippen LogP contribution in [-0.4, -0.2) is 34.9 Å². The van der Waals surface area contributed by atoms with Gasteiger partial charge in [-0.3, -0.25) is 9.69 Å². The van der Waals surface area contributed by atoms with Gasteiger partial charge in [-0.05, 0) is 49.2 Å². The summed E-state index contributed by atoms with van der Waals surface area (Å²) in [7, 11) is 0. The second-order valence-corrected chi connectivity index (χ2v) is 8.67. The fraction of sp³-hybridized carbons (Fsp3) is 0.250. The summed E-state index contributed by atoms with van der Waals surface area (Å²) in [4.78, 5) is 14.7. The van der Waals surface area contributed by atoms with Crippen molar-refractivity contribution in [2.45, 2.75) is 20.3 Å². The fourth-order valence-corrected chi connectivity index (χ4v) is 4.37. The number of nitrogens with zero attached hydrogens (tertiary/aromatic N) is 1. The van der Waals surface area contributed by atoms with Crippen LogP contribution in [0.1, 0.15) is 23.1 Å². The highest BCUT2D eigenvalue weighted by molar-refractivity contribution is 8.26. The number of thioether (sulfide) groups is 1. The van der Waals surface area contributed by atoms with Crippen LogP contribution in [0.5, 0.6) is 11.5 Å². The van der Waals surface area contributed by atoms with Gasteiger partial charge in [-0.2, -0.15) is 0 Å². The van der Waals surface area contributed by atoms with Crippen molar-refractivity contribution in [1.29, 1.82) is 0 Å².